The normalized spacial score (nSPS) is 20.9. The number of hydrogen-bond donors (Lipinski definition) is 0. The molecule has 1 fully saturated rings. The summed E-state index contributed by atoms with van der Waals surface area (Å²) in [5.74, 6) is 0.748. The zero-order valence-corrected chi connectivity index (χ0v) is 18.2. The van der Waals surface area contributed by atoms with Gasteiger partial charge in [-0.3, -0.25) is 19.1 Å². The first-order chi connectivity index (χ1) is 14.4. The topological polar surface area (TPSA) is 73.0 Å². The van der Waals surface area contributed by atoms with Crippen molar-refractivity contribution in [3.63, 3.8) is 0 Å². The van der Waals surface area contributed by atoms with Gasteiger partial charge in [-0.1, -0.05) is 23.7 Å². The Morgan fingerprint density at radius 3 is 2.60 bits per heavy atom. The van der Waals surface area contributed by atoms with Gasteiger partial charge in [-0.25, -0.2) is 9.67 Å². The van der Waals surface area contributed by atoms with Crippen molar-refractivity contribution in [2.24, 2.45) is 0 Å². The number of fused-ring (bicyclic) bond motifs is 2. The third kappa shape index (κ3) is 3.42. The Morgan fingerprint density at radius 1 is 1.10 bits per heavy atom. The van der Waals surface area contributed by atoms with E-state index in [1.807, 2.05) is 36.6 Å². The molecule has 0 aliphatic carbocycles. The van der Waals surface area contributed by atoms with Crippen molar-refractivity contribution in [1.29, 1.82) is 0 Å². The molecule has 0 N–H and O–H groups in total. The molecule has 3 aromatic rings. The van der Waals surface area contributed by atoms with Gasteiger partial charge in [-0.2, -0.15) is 5.10 Å². The van der Waals surface area contributed by atoms with E-state index < -0.39 is 11.1 Å². The molecule has 4 heterocycles. The van der Waals surface area contributed by atoms with Crippen LogP contribution in [0.1, 0.15) is 34.9 Å². The van der Waals surface area contributed by atoms with E-state index in [2.05, 4.69) is 9.88 Å². The van der Waals surface area contributed by atoms with E-state index in [1.54, 1.807) is 4.57 Å². The SMILES string of the molecule is Cc1nc(Cn2nc3n(c(=O)c2=O)CCC32CCN(Cc3ccc(Cl)cc3)C2)cs1. The van der Waals surface area contributed by atoms with Crippen LogP contribution in [0.3, 0.4) is 0 Å². The molecule has 7 nitrogen and oxygen atoms in total. The molecule has 2 aliphatic heterocycles. The Hall–Kier alpha value is -2.29. The number of likely N-dealkylation sites (tertiary alicyclic amines) is 1. The fourth-order valence-electron chi connectivity index (χ4n) is 4.64. The number of rotatable bonds is 4. The van der Waals surface area contributed by atoms with Crippen LogP contribution in [0.15, 0.2) is 39.2 Å². The number of thiazole rings is 1. The molecule has 1 aromatic carbocycles. The van der Waals surface area contributed by atoms with Crippen molar-refractivity contribution < 1.29 is 0 Å². The van der Waals surface area contributed by atoms with Crippen molar-refractivity contribution in [2.45, 2.75) is 44.8 Å². The Bertz CT molecular complexity index is 1220. The Kier molecular flexibility index (Phi) is 4.88. The lowest BCUT2D eigenvalue weighted by Gasteiger charge is -2.23. The average Bonchev–Trinajstić information content (AvgIpc) is 3.42. The van der Waals surface area contributed by atoms with Gasteiger partial charge in [0.2, 0.25) is 0 Å². The predicted molar refractivity (Wildman–Crippen MR) is 116 cm³/mol. The van der Waals surface area contributed by atoms with Crippen molar-refractivity contribution in [3.05, 3.63) is 77.5 Å². The maximum atomic E-state index is 12.8. The smallest absolute Gasteiger partial charge is 0.298 e. The summed E-state index contributed by atoms with van der Waals surface area (Å²) in [5.41, 5.74) is 0.749. The van der Waals surface area contributed by atoms with E-state index >= 15 is 0 Å². The number of nitrogens with zero attached hydrogens (tertiary/aromatic N) is 5. The third-order valence-corrected chi connectivity index (χ3v) is 7.23. The maximum Gasteiger partial charge on any atom is 0.332 e. The van der Waals surface area contributed by atoms with Crippen LogP contribution < -0.4 is 11.1 Å². The molecule has 0 bridgehead atoms. The highest BCUT2D eigenvalue weighted by Gasteiger charge is 2.47. The molecule has 1 atom stereocenters. The highest BCUT2D eigenvalue weighted by Crippen LogP contribution is 2.40. The summed E-state index contributed by atoms with van der Waals surface area (Å²) in [7, 11) is 0. The molecule has 1 unspecified atom stereocenters. The molecule has 0 saturated carbocycles. The molecule has 1 spiro atoms. The van der Waals surface area contributed by atoms with Gasteiger partial charge in [0.1, 0.15) is 5.82 Å². The number of hydrogen-bond acceptors (Lipinski definition) is 6. The summed E-state index contributed by atoms with van der Waals surface area (Å²) in [6.45, 7) is 5.31. The number of aryl methyl sites for hydroxylation is 1. The molecular formula is C21H22ClN5O2S. The van der Waals surface area contributed by atoms with Gasteiger partial charge >= 0.3 is 11.1 Å². The molecule has 1 saturated heterocycles. The van der Waals surface area contributed by atoms with Crippen molar-refractivity contribution >= 4 is 22.9 Å². The van der Waals surface area contributed by atoms with Gasteiger partial charge in [-0.05, 0) is 44.0 Å². The molecule has 30 heavy (non-hydrogen) atoms. The minimum Gasteiger partial charge on any atom is -0.298 e. The molecule has 0 amide bonds. The van der Waals surface area contributed by atoms with Gasteiger partial charge < -0.3 is 0 Å². The summed E-state index contributed by atoms with van der Waals surface area (Å²) < 4.78 is 2.90. The van der Waals surface area contributed by atoms with Crippen LogP contribution in [-0.2, 0) is 25.0 Å². The van der Waals surface area contributed by atoms with Crippen LogP contribution in [0.25, 0.3) is 0 Å². The van der Waals surface area contributed by atoms with Crippen molar-refractivity contribution in [2.75, 3.05) is 13.1 Å². The highest BCUT2D eigenvalue weighted by atomic mass is 35.5. The summed E-state index contributed by atoms with van der Waals surface area (Å²) in [6.07, 6.45) is 1.77. The fourth-order valence-corrected chi connectivity index (χ4v) is 5.37. The van der Waals surface area contributed by atoms with E-state index in [0.717, 1.165) is 54.0 Å². The first kappa shape index (κ1) is 19.7. The van der Waals surface area contributed by atoms with E-state index in [-0.39, 0.29) is 12.0 Å². The number of aromatic nitrogens is 4. The first-order valence-corrected chi connectivity index (χ1v) is 11.3. The van der Waals surface area contributed by atoms with Crippen LogP contribution in [0.2, 0.25) is 5.02 Å². The second kappa shape index (κ2) is 7.44. The van der Waals surface area contributed by atoms with Crippen LogP contribution in [0.4, 0.5) is 0 Å². The third-order valence-electron chi connectivity index (χ3n) is 6.15. The van der Waals surface area contributed by atoms with Crippen LogP contribution in [0, 0.1) is 6.92 Å². The minimum absolute atomic E-state index is 0.182. The molecular weight excluding hydrogens is 422 g/mol. The summed E-state index contributed by atoms with van der Waals surface area (Å²) in [6, 6.07) is 7.92. The molecule has 9 heteroatoms. The van der Waals surface area contributed by atoms with Gasteiger partial charge in [-0.15, -0.1) is 11.3 Å². The lowest BCUT2D eigenvalue weighted by Crippen LogP contribution is -2.45. The summed E-state index contributed by atoms with van der Waals surface area (Å²) in [5, 5.41) is 8.27. The Balaban J connectivity index is 1.44. The van der Waals surface area contributed by atoms with E-state index in [4.69, 9.17) is 16.7 Å². The quantitative estimate of drug-likeness (QED) is 0.579. The molecule has 5 rings (SSSR count). The van der Waals surface area contributed by atoms with Crippen LogP contribution in [-0.4, -0.2) is 37.3 Å². The Labute approximate surface area is 182 Å². The van der Waals surface area contributed by atoms with E-state index in [0.29, 0.717) is 6.54 Å². The zero-order chi connectivity index (χ0) is 20.9. The van der Waals surface area contributed by atoms with Crippen molar-refractivity contribution in [1.82, 2.24) is 24.2 Å². The zero-order valence-electron chi connectivity index (χ0n) is 16.7. The lowest BCUT2D eigenvalue weighted by molar-refractivity contribution is 0.298. The van der Waals surface area contributed by atoms with Crippen molar-refractivity contribution in [3.8, 4) is 0 Å². The van der Waals surface area contributed by atoms with Gasteiger partial charge in [0.25, 0.3) is 0 Å². The summed E-state index contributed by atoms with van der Waals surface area (Å²) in [4.78, 5) is 32.2. The molecule has 2 aromatic heterocycles. The molecule has 2 aliphatic rings. The first-order valence-electron chi connectivity index (χ1n) is 10.0. The Morgan fingerprint density at radius 2 is 1.87 bits per heavy atom. The molecule has 156 valence electrons. The molecule has 0 radical (unpaired) electrons. The monoisotopic (exact) mass is 443 g/mol. The standard InChI is InChI=1S/C21H22ClN5O2S/c1-14-23-17(12-30-14)11-27-19(29)18(28)26-9-7-21(20(26)24-27)6-8-25(13-21)10-15-2-4-16(22)5-3-15/h2-5,12H,6-11,13H2,1H3. The second-order valence-electron chi connectivity index (χ2n) is 8.22. The predicted octanol–water partition coefficient (Wildman–Crippen LogP) is 2.42. The number of benzene rings is 1. The largest absolute Gasteiger partial charge is 0.332 e. The van der Waals surface area contributed by atoms with Gasteiger partial charge in [0.15, 0.2) is 0 Å². The highest BCUT2D eigenvalue weighted by molar-refractivity contribution is 7.09. The summed E-state index contributed by atoms with van der Waals surface area (Å²) >= 11 is 7.53. The fraction of sp³-hybridized carbons (Fsp3) is 0.429. The van der Waals surface area contributed by atoms with E-state index in [1.165, 1.54) is 21.6 Å². The maximum absolute atomic E-state index is 12.8. The van der Waals surface area contributed by atoms with Crippen LogP contribution >= 0.6 is 22.9 Å². The minimum atomic E-state index is -0.572. The van der Waals surface area contributed by atoms with Gasteiger partial charge in [0.05, 0.1) is 17.2 Å². The van der Waals surface area contributed by atoms with Gasteiger partial charge in [0, 0.05) is 35.5 Å². The number of halogens is 1. The van der Waals surface area contributed by atoms with E-state index in [9.17, 15) is 9.59 Å². The average molecular weight is 444 g/mol. The second-order valence-corrected chi connectivity index (χ2v) is 9.72. The lowest BCUT2D eigenvalue weighted by atomic mass is 9.85. The van der Waals surface area contributed by atoms with Crippen LogP contribution in [0.5, 0.6) is 0 Å².